The van der Waals surface area contributed by atoms with Gasteiger partial charge < -0.3 is 4.57 Å². The molecule has 2 aliphatic carbocycles. The largest absolute Gasteiger partial charge is 0.309 e. The fourth-order valence-electron chi connectivity index (χ4n) is 8.84. The van der Waals surface area contributed by atoms with Crippen LogP contribution in [0, 0.1) is 0 Å². The number of benzene rings is 6. The number of aromatic nitrogens is 3. The highest BCUT2D eigenvalue weighted by Gasteiger charge is 2.40. The van der Waals surface area contributed by atoms with Crippen molar-refractivity contribution < 1.29 is 0 Å². The molecular formula is C46H35N3. The lowest BCUT2D eigenvalue weighted by atomic mass is 9.81. The normalized spacial score (nSPS) is 14.9. The first-order chi connectivity index (χ1) is 23.8. The first-order valence-electron chi connectivity index (χ1n) is 17.2. The number of fused-ring (bicyclic) bond motifs is 10. The van der Waals surface area contributed by atoms with E-state index in [9.17, 15) is 0 Å². The number of hydrogen-bond donors (Lipinski definition) is 0. The zero-order valence-electron chi connectivity index (χ0n) is 28.1. The zero-order chi connectivity index (χ0) is 33.1. The first kappa shape index (κ1) is 28.2. The van der Waals surface area contributed by atoms with Gasteiger partial charge in [-0.25, -0.2) is 9.97 Å². The summed E-state index contributed by atoms with van der Waals surface area (Å²) >= 11 is 0. The molecule has 2 aliphatic rings. The second-order valence-corrected chi connectivity index (χ2v) is 14.6. The van der Waals surface area contributed by atoms with Gasteiger partial charge in [0.25, 0.3) is 0 Å². The van der Waals surface area contributed by atoms with Gasteiger partial charge in [-0.1, -0.05) is 149 Å². The summed E-state index contributed by atoms with van der Waals surface area (Å²) in [6.07, 6.45) is 0. The molecule has 0 saturated carbocycles. The molecule has 0 unspecified atom stereocenters. The van der Waals surface area contributed by atoms with Gasteiger partial charge in [-0.15, -0.1) is 0 Å². The van der Waals surface area contributed by atoms with E-state index in [0.717, 1.165) is 34.0 Å². The lowest BCUT2D eigenvalue weighted by molar-refractivity contribution is 0.658. The number of rotatable bonds is 3. The van der Waals surface area contributed by atoms with Crippen molar-refractivity contribution in [1.82, 2.24) is 14.5 Å². The van der Waals surface area contributed by atoms with Gasteiger partial charge in [-0.2, -0.15) is 0 Å². The highest BCUT2D eigenvalue weighted by atomic mass is 15.0. The monoisotopic (exact) mass is 629 g/mol. The van der Waals surface area contributed by atoms with Gasteiger partial charge >= 0.3 is 0 Å². The van der Waals surface area contributed by atoms with Crippen LogP contribution in [0.15, 0.2) is 140 Å². The number of hydrogen-bond acceptors (Lipinski definition) is 2. The van der Waals surface area contributed by atoms with Gasteiger partial charge in [0, 0.05) is 55.1 Å². The van der Waals surface area contributed by atoms with E-state index in [0.29, 0.717) is 0 Å². The van der Waals surface area contributed by atoms with Crippen LogP contribution < -0.4 is 0 Å². The van der Waals surface area contributed by atoms with Crippen molar-refractivity contribution in [1.29, 1.82) is 0 Å². The van der Waals surface area contributed by atoms with E-state index in [-0.39, 0.29) is 10.8 Å². The summed E-state index contributed by atoms with van der Waals surface area (Å²) in [7, 11) is 0. The van der Waals surface area contributed by atoms with Crippen LogP contribution in [0.5, 0.6) is 0 Å². The Labute approximate surface area is 286 Å². The van der Waals surface area contributed by atoms with Crippen LogP contribution in [0.3, 0.4) is 0 Å². The molecule has 8 aromatic rings. The average molecular weight is 630 g/mol. The second-order valence-electron chi connectivity index (χ2n) is 14.6. The Bertz CT molecular complexity index is 2660. The lowest BCUT2D eigenvalue weighted by Gasteiger charge is -2.24. The van der Waals surface area contributed by atoms with Crippen LogP contribution in [-0.4, -0.2) is 14.5 Å². The number of para-hydroxylation sites is 1. The Morgan fingerprint density at radius 2 is 1.14 bits per heavy atom. The third-order valence-corrected chi connectivity index (χ3v) is 11.2. The molecule has 0 radical (unpaired) electrons. The minimum absolute atomic E-state index is 0.0841. The predicted octanol–water partition coefficient (Wildman–Crippen LogP) is 11.5. The SMILES string of the molecule is CC1(C)c2ccccc2-c2c1ccc1c3ccccc3n(-c3cccc(-c4nc(-c5ccccc5)nc5c4C(C)(C)c4ccccc4-5)c3)c21. The third kappa shape index (κ3) is 3.79. The molecule has 2 aromatic heterocycles. The Morgan fingerprint density at radius 3 is 1.96 bits per heavy atom. The van der Waals surface area contributed by atoms with E-state index >= 15 is 0 Å². The third-order valence-electron chi connectivity index (χ3n) is 11.2. The number of nitrogens with zero attached hydrogens (tertiary/aromatic N) is 3. The Balaban J connectivity index is 1.27. The maximum atomic E-state index is 5.40. The Hall–Kier alpha value is -5.80. The fraction of sp³-hybridized carbons (Fsp3) is 0.130. The maximum Gasteiger partial charge on any atom is 0.160 e. The van der Waals surface area contributed by atoms with Crippen molar-refractivity contribution in [2.75, 3.05) is 0 Å². The standard InChI is InChI=1S/C46H35N3/c1-45(2)35-22-11-8-20-33(35)39-37(45)26-25-32-31-19-10-13-24-38(31)49(43(32)39)30-18-14-17-29(27-30)41-40-42(34-21-9-12-23-36(34)46(40,3)4)48-44(47-41)28-15-6-5-7-16-28/h5-27H,1-4H3. The van der Waals surface area contributed by atoms with Gasteiger partial charge in [0.05, 0.1) is 22.4 Å². The van der Waals surface area contributed by atoms with Crippen molar-refractivity contribution in [3.63, 3.8) is 0 Å². The van der Waals surface area contributed by atoms with Crippen LogP contribution in [0.2, 0.25) is 0 Å². The summed E-state index contributed by atoms with van der Waals surface area (Å²) in [6, 6.07) is 50.6. The zero-order valence-corrected chi connectivity index (χ0v) is 28.1. The van der Waals surface area contributed by atoms with E-state index in [1.54, 1.807) is 0 Å². The molecular weight excluding hydrogens is 595 g/mol. The average Bonchev–Trinajstić information content (AvgIpc) is 3.69. The van der Waals surface area contributed by atoms with Gasteiger partial charge in [0.15, 0.2) is 5.82 Å². The molecule has 3 nitrogen and oxygen atoms in total. The Morgan fingerprint density at radius 1 is 0.490 bits per heavy atom. The quantitative estimate of drug-likeness (QED) is 0.195. The minimum atomic E-state index is -0.255. The molecule has 2 heterocycles. The van der Waals surface area contributed by atoms with Gasteiger partial charge in [-0.05, 0) is 40.5 Å². The molecule has 0 fully saturated rings. The van der Waals surface area contributed by atoms with Crippen molar-refractivity contribution in [2.24, 2.45) is 0 Å². The maximum absolute atomic E-state index is 5.40. The van der Waals surface area contributed by atoms with E-state index < -0.39 is 0 Å². The Kier molecular flexibility index (Phi) is 5.69. The van der Waals surface area contributed by atoms with Crippen LogP contribution in [0.25, 0.3) is 72.5 Å². The molecule has 0 atom stereocenters. The second kappa shape index (κ2) is 9.87. The van der Waals surface area contributed by atoms with Crippen LogP contribution in [0.1, 0.15) is 49.9 Å². The van der Waals surface area contributed by atoms with Crippen molar-refractivity contribution in [2.45, 2.75) is 38.5 Å². The summed E-state index contributed by atoms with van der Waals surface area (Å²) in [5, 5.41) is 2.54. The van der Waals surface area contributed by atoms with Gasteiger partial charge in [0.2, 0.25) is 0 Å². The van der Waals surface area contributed by atoms with Crippen LogP contribution >= 0.6 is 0 Å². The molecule has 0 bridgehead atoms. The topological polar surface area (TPSA) is 30.7 Å². The molecule has 0 amide bonds. The predicted molar refractivity (Wildman–Crippen MR) is 202 cm³/mol. The van der Waals surface area contributed by atoms with E-state index in [4.69, 9.17) is 9.97 Å². The van der Waals surface area contributed by atoms with Crippen LogP contribution in [-0.2, 0) is 10.8 Å². The molecule has 234 valence electrons. The van der Waals surface area contributed by atoms with Crippen molar-refractivity contribution in [3.8, 4) is 50.7 Å². The van der Waals surface area contributed by atoms with E-state index in [2.05, 4.69) is 166 Å². The summed E-state index contributed by atoms with van der Waals surface area (Å²) in [4.78, 5) is 10.7. The highest BCUT2D eigenvalue weighted by Crippen LogP contribution is 2.54. The van der Waals surface area contributed by atoms with Crippen molar-refractivity contribution >= 4 is 21.8 Å². The van der Waals surface area contributed by atoms with E-state index in [1.807, 2.05) is 6.07 Å². The first-order valence-corrected chi connectivity index (χ1v) is 17.2. The summed E-state index contributed by atoms with van der Waals surface area (Å²) in [6.45, 7) is 9.34. The summed E-state index contributed by atoms with van der Waals surface area (Å²) in [5.74, 6) is 0.751. The molecule has 0 saturated heterocycles. The summed E-state index contributed by atoms with van der Waals surface area (Å²) < 4.78 is 2.49. The lowest BCUT2D eigenvalue weighted by Crippen LogP contribution is -2.17. The molecule has 0 spiro atoms. The van der Waals surface area contributed by atoms with Crippen molar-refractivity contribution in [3.05, 3.63) is 162 Å². The van der Waals surface area contributed by atoms with Crippen LogP contribution in [0.4, 0.5) is 0 Å². The molecule has 0 aliphatic heterocycles. The highest BCUT2D eigenvalue weighted by molar-refractivity contribution is 6.15. The summed E-state index contributed by atoms with van der Waals surface area (Å²) in [5.41, 5.74) is 16.5. The van der Waals surface area contributed by atoms with Gasteiger partial charge in [-0.3, -0.25) is 0 Å². The smallest absolute Gasteiger partial charge is 0.160 e. The molecule has 49 heavy (non-hydrogen) atoms. The minimum Gasteiger partial charge on any atom is -0.309 e. The molecule has 6 aromatic carbocycles. The van der Waals surface area contributed by atoms with Gasteiger partial charge in [0.1, 0.15) is 0 Å². The molecule has 3 heteroatoms. The van der Waals surface area contributed by atoms with E-state index in [1.165, 1.54) is 60.8 Å². The molecule has 10 rings (SSSR count). The fourth-order valence-corrected chi connectivity index (χ4v) is 8.84. The molecule has 0 N–H and O–H groups in total.